The fraction of sp³-hybridized carbons (Fsp3) is 0.588. The lowest BCUT2D eigenvalue weighted by Crippen LogP contribution is -2.48. The zero-order valence-corrected chi connectivity index (χ0v) is 12.4. The van der Waals surface area contributed by atoms with Crippen LogP contribution in [0.25, 0.3) is 0 Å². The van der Waals surface area contributed by atoms with Crippen LogP contribution in [0.5, 0.6) is 0 Å². The van der Waals surface area contributed by atoms with Gasteiger partial charge in [-0.2, -0.15) is 0 Å². The molecule has 0 spiro atoms. The Morgan fingerprint density at radius 3 is 2.57 bits per heavy atom. The summed E-state index contributed by atoms with van der Waals surface area (Å²) in [5.74, 6) is -0.0494. The first kappa shape index (κ1) is 14.5. The molecule has 0 N–H and O–H groups in total. The smallest absolute Gasteiger partial charge is 0.223 e. The molecular weight excluding hydrogens is 269 g/mol. The number of amides is 1. The lowest BCUT2D eigenvalue weighted by atomic mass is 9.98. The SMILES string of the molecule is COC1CC2CCC(C1)N2C(=O)CCc1ccccc1F. The highest BCUT2D eigenvalue weighted by molar-refractivity contribution is 5.77. The first-order valence-corrected chi connectivity index (χ1v) is 7.76. The van der Waals surface area contributed by atoms with Gasteiger partial charge in [-0.1, -0.05) is 18.2 Å². The summed E-state index contributed by atoms with van der Waals surface area (Å²) in [7, 11) is 1.75. The first-order chi connectivity index (χ1) is 10.2. The van der Waals surface area contributed by atoms with E-state index in [4.69, 9.17) is 4.74 Å². The molecule has 2 fully saturated rings. The maximum atomic E-state index is 13.6. The van der Waals surface area contributed by atoms with Crippen molar-refractivity contribution in [2.45, 2.75) is 56.7 Å². The molecule has 2 bridgehead atoms. The Morgan fingerprint density at radius 2 is 1.95 bits per heavy atom. The highest BCUT2D eigenvalue weighted by atomic mass is 19.1. The van der Waals surface area contributed by atoms with Gasteiger partial charge in [-0.25, -0.2) is 4.39 Å². The van der Waals surface area contributed by atoms with Crippen molar-refractivity contribution in [2.24, 2.45) is 0 Å². The molecule has 2 heterocycles. The van der Waals surface area contributed by atoms with Gasteiger partial charge in [-0.15, -0.1) is 0 Å². The number of nitrogens with zero attached hydrogens (tertiary/aromatic N) is 1. The molecule has 0 aromatic heterocycles. The Kier molecular flexibility index (Phi) is 4.24. The Labute approximate surface area is 125 Å². The van der Waals surface area contributed by atoms with E-state index in [-0.39, 0.29) is 17.8 Å². The van der Waals surface area contributed by atoms with Crippen LogP contribution in [0.3, 0.4) is 0 Å². The van der Waals surface area contributed by atoms with Gasteiger partial charge in [0.05, 0.1) is 6.10 Å². The van der Waals surface area contributed by atoms with Crippen LogP contribution in [0.4, 0.5) is 4.39 Å². The quantitative estimate of drug-likeness (QED) is 0.853. The summed E-state index contributed by atoms with van der Waals surface area (Å²) in [4.78, 5) is 14.6. The van der Waals surface area contributed by atoms with E-state index >= 15 is 0 Å². The summed E-state index contributed by atoms with van der Waals surface area (Å²) in [6.07, 6.45) is 5.21. The molecule has 3 nitrogen and oxygen atoms in total. The van der Waals surface area contributed by atoms with E-state index in [1.807, 2.05) is 6.07 Å². The van der Waals surface area contributed by atoms with Crippen LogP contribution in [0, 0.1) is 5.82 Å². The Morgan fingerprint density at radius 1 is 1.29 bits per heavy atom. The number of carbonyl (C=O) groups excluding carboxylic acids is 1. The predicted molar refractivity (Wildman–Crippen MR) is 78.4 cm³/mol. The minimum absolute atomic E-state index is 0.167. The second-order valence-corrected chi connectivity index (χ2v) is 6.11. The molecule has 2 aliphatic heterocycles. The summed E-state index contributed by atoms with van der Waals surface area (Å²) < 4.78 is 19.1. The summed E-state index contributed by atoms with van der Waals surface area (Å²) in [6.45, 7) is 0. The molecule has 114 valence electrons. The standard InChI is InChI=1S/C17H22FNO2/c1-21-15-10-13-7-8-14(11-15)19(13)17(20)9-6-12-4-2-3-5-16(12)18/h2-5,13-15H,6-11H2,1H3. The van der Waals surface area contributed by atoms with Crippen molar-refractivity contribution in [1.82, 2.24) is 4.90 Å². The molecule has 4 heteroatoms. The van der Waals surface area contributed by atoms with Crippen molar-refractivity contribution in [2.75, 3.05) is 7.11 Å². The number of methoxy groups -OCH3 is 1. The molecule has 0 aliphatic carbocycles. The van der Waals surface area contributed by atoms with Crippen LogP contribution in [-0.4, -0.2) is 36.1 Å². The molecule has 2 saturated heterocycles. The fourth-order valence-electron chi connectivity index (χ4n) is 3.80. The molecule has 0 saturated carbocycles. The number of benzene rings is 1. The zero-order chi connectivity index (χ0) is 14.8. The first-order valence-electron chi connectivity index (χ1n) is 7.76. The Hall–Kier alpha value is -1.42. The third-order valence-electron chi connectivity index (χ3n) is 4.88. The van der Waals surface area contributed by atoms with Gasteiger partial charge in [0.2, 0.25) is 5.91 Å². The topological polar surface area (TPSA) is 29.5 Å². The predicted octanol–water partition coefficient (Wildman–Crippen LogP) is 2.93. The van der Waals surface area contributed by atoms with Gasteiger partial charge < -0.3 is 9.64 Å². The minimum Gasteiger partial charge on any atom is -0.381 e. The second kappa shape index (κ2) is 6.14. The van der Waals surface area contributed by atoms with E-state index in [9.17, 15) is 9.18 Å². The third kappa shape index (κ3) is 2.95. The Balaban J connectivity index is 1.60. The molecule has 1 aromatic rings. The van der Waals surface area contributed by atoms with Crippen LogP contribution >= 0.6 is 0 Å². The number of rotatable bonds is 4. The van der Waals surface area contributed by atoms with Gasteiger partial charge in [0.1, 0.15) is 5.82 Å². The van der Waals surface area contributed by atoms with Gasteiger partial charge in [0.25, 0.3) is 0 Å². The van der Waals surface area contributed by atoms with Gasteiger partial charge in [-0.3, -0.25) is 4.79 Å². The second-order valence-electron chi connectivity index (χ2n) is 6.11. The number of piperidine rings is 1. The molecule has 2 unspecified atom stereocenters. The Bertz CT molecular complexity index is 505. The van der Waals surface area contributed by atoms with Crippen molar-refractivity contribution >= 4 is 5.91 Å². The molecule has 1 amide bonds. The highest BCUT2D eigenvalue weighted by Gasteiger charge is 2.42. The number of ether oxygens (including phenoxy) is 1. The van der Waals surface area contributed by atoms with Crippen molar-refractivity contribution in [3.63, 3.8) is 0 Å². The van der Waals surface area contributed by atoms with E-state index in [0.29, 0.717) is 30.5 Å². The number of hydrogen-bond acceptors (Lipinski definition) is 2. The van der Waals surface area contributed by atoms with E-state index in [1.165, 1.54) is 6.07 Å². The molecule has 21 heavy (non-hydrogen) atoms. The van der Waals surface area contributed by atoms with Gasteiger partial charge in [-0.05, 0) is 43.7 Å². The van der Waals surface area contributed by atoms with Gasteiger partial charge >= 0.3 is 0 Å². The highest BCUT2D eigenvalue weighted by Crippen LogP contribution is 2.37. The van der Waals surface area contributed by atoms with Crippen molar-refractivity contribution in [3.05, 3.63) is 35.6 Å². The summed E-state index contributed by atoms with van der Waals surface area (Å²) in [6, 6.07) is 7.35. The van der Waals surface area contributed by atoms with Crippen molar-refractivity contribution < 1.29 is 13.9 Å². The minimum atomic E-state index is -0.216. The average Bonchev–Trinajstić information content (AvgIpc) is 2.76. The lowest BCUT2D eigenvalue weighted by molar-refractivity contribution is -0.137. The summed E-state index contributed by atoms with van der Waals surface area (Å²) in [5, 5.41) is 0. The lowest BCUT2D eigenvalue weighted by Gasteiger charge is -2.38. The third-order valence-corrected chi connectivity index (χ3v) is 4.88. The van der Waals surface area contributed by atoms with Crippen LogP contribution < -0.4 is 0 Å². The van der Waals surface area contributed by atoms with E-state index in [2.05, 4.69) is 4.90 Å². The molecule has 1 aromatic carbocycles. The van der Waals surface area contributed by atoms with Gasteiger partial charge in [0, 0.05) is 25.6 Å². The maximum absolute atomic E-state index is 13.6. The largest absolute Gasteiger partial charge is 0.381 e. The van der Waals surface area contributed by atoms with Crippen LogP contribution in [0.15, 0.2) is 24.3 Å². The maximum Gasteiger partial charge on any atom is 0.223 e. The number of hydrogen-bond donors (Lipinski definition) is 0. The number of halogens is 1. The molecule has 2 aliphatic rings. The molecule has 3 rings (SSSR count). The zero-order valence-electron chi connectivity index (χ0n) is 12.4. The fourth-order valence-corrected chi connectivity index (χ4v) is 3.80. The average molecular weight is 291 g/mol. The van der Waals surface area contributed by atoms with E-state index < -0.39 is 0 Å². The summed E-state index contributed by atoms with van der Waals surface area (Å²) >= 11 is 0. The van der Waals surface area contributed by atoms with Crippen LogP contribution in [0.1, 0.15) is 37.7 Å². The summed E-state index contributed by atoms with van der Waals surface area (Å²) in [5.41, 5.74) is 0.630. The molecule has 2 atom stereocenters. The van der Waals surface area contributed by atoms with Crippen LogP contribution in [-0.2, 0) is 16.0 Å². The van der Waals surface area contributed by atoms with Crippen molar-refractivity contribution in [3.8, 4) is 0 Å². The molecular formula is C17H22FNO2. The number of aryl methyl sites for hydroxylation is 1. The number of fused-ring (bicyclic) bond motifs is 2. The van der Waals surface area contributed by atoms with E-state index in [1.54, 1.807) is 19.2 Å². The van der Waals surface area contributed by atoms with Gasteiger partial charge in [0.15, 0.2) is 0 Å². The number of carbonyl (C=O) groups is 1. The molecule has 0 radical (unpaired) electrons. The normalized spacial score (nSPS) is 27.9. The monoisotopic (exact) mass is 291 g/mol. The van der Waals surface area contributed by atoms with E-state index in [0.717, 1.165) is 25.7 Å². The van der Waals surface area contributed by atoms with Crippen LogP contribution in [0.2, 0.25) is 0 Å². The van der Waals surface area contributed by atoms with Crippen molar-refractivity contribution in [1.29, 1.82) is 0 Å².